The maximum Gasteiger partial charge on any atom is 0.227 e. The molecule has 0 spiro atoms. The normalized spacial score (nSPS) is 17.3. The summed E-state index contributed by atoms with van der Waals surface area (Å²) in [6.45, 7) is 11.2. The van der Waals surface area contributed by atoms with Crippen molar-refractivity contribution in [3.63, 3.8) is 0 Å². The number of fused-ring (bicyclic) bond motifs is 2. The van der Waals surface area contributed by atoms with E-state index in [1.807, 2.05) is 29.2 Å². The van der Waals surface area contributed by atoms with Crippen molar-refractivity contribution in [3.8, 4) is 11.5 Å². The average molecular weight is 482 g/mol. The monoisotopic (exact) mass is 481 g/mol. The Hall–Kier alpha value is -3.80. The number of aryl methyl sites for hydroxylation is 2. The molecule has 1 unspecified atom stereocenters. The Morgan fingerprint density at radius 1 is 0.917 bits per heavy atom. The summed E-state index contributed by atoms with van der Waals surface area (Å²) in [5, 5.41) is 0. The van der Waals surface area contributed by atoms with Gasteiger partial charge in [-0.1, -0.05) is 18.2 Å². The smallest absolute Gasteiger partial charge is 0.227 e. The maximum atomic E-state index is 13.2. The number of amides is 1. The molecule has 1 atom stereocenters. The molecule has 0 saturated carbocycles. The molecule has 2 aliphatic rings. The number of ether oxygens (including phenoxy) is 2. The molecule has 6 heteroatoms. The second-order valence-corrected chi connectivity index (χ2v) is 10.0. The van der Waals surface area contributed by atoms with Gasteiger partial charge >= 0.3 is 0 Å². The fourth-order valence-electron chi connectivity index (χ4n) is 5.60. The van der Waals surface area contributed by atoms with E-state index >= 15 is 0 Å². The predicted octanol–water partition coefficient (Wildman–Crippen LogP) is 5.61. The van der Waals surface area contributed by atoms with Crippen molar-refractivity contribution in [1.29, 1.82) is 0 Å². The van der Waals surface area contributed by atoms with Gasteiger partial charge in [-0.15, -0.1) is 0 Å². The van der Waals surface area contributed by atoms with Gasteiger partial charge < -0.3 is 18.9 Å². The summed E-state index contributed by atoms with van der Waals surface area (Å²) in [5.74, 6) is 2.51. The van der Waals surface area contributed by atoms with E-state index in [2.05, 4.69) is 56.5 Å². The third-order valence-corrected chi connectivity index (χ3v) is 7.85. The first-order valence-electron chi connectivity index (χ1n) is 12.6. The summed E-state index contributed by atoms with van der Waals surface area (Å²) in [6, 6.07) is 16.3. The standard InChI is InChI=1S/C30H31N3O3/c1-18-13-19(2)21(4)24(20(18)3)17-33-26-8-6-5-7-25(26)31-30(33)22-14-29(34)32(16-22)23-9-10-27-28(15-23)36-12-11-35-27/h5-10,13,15,22H,11-12,14,16-17H2,1-4H3. The van der Waals surface area contributed by atoms with Crippen LogP contribution in [0.4, 0.5) is 5.69 Å². The van der Waals surface area contributed by atoms with E-state index in [0.29, 0.717) is 31.9 Å². The van der Waals surface area contributed by atoms with E-state index in [1.165, 1.54) is 27.8 Å². The summed E-state index contributed by atoms with van der Waals surface area (Å²) in [7, 11) is 0. The van der Waals surface area contributed by atoms with E-state index in [1.54, 1.807) is 0 Å². The first-order valence-corrected chi connectivity index (χ1v) is 12.6. The number of para-hydroxylation sites is 2. The fraction of sp³-hybridized carbons (Fsp3) is 0.333. The lowest BCUT2D eigenvalue weighted by Crippen LogP contribution is -2.25. The molecule has 0 radical (unpaired) electrons. The number of imidazole rings is 1. The van der Waals surface area contributed by atoms with Crippen LogP contribution in [0.1, 0.15) is 46.0 Å². The SMILES string of the molecule is Cc1cc(C)c(C)c(Cn2c(C3CC(=O)N(c4ccc5c(c4)OCCO5)C3)nc3ccccc32)c1C. The molecule has 2 aliphatic heterocycles. The van der Waals surface area contributed by atoms with Crippen LogP contribution in [0.3, 0.4) is 0 Å². The number of carbonyl (C=O) groups excluding carboxylic acids is 1. The van der Waals surface area contributed by atoms with Gasteiger partial charge in [0, 0.05) is 37.2 Å². The number of nitrogens with zero attached hydrogens (tertiary/aromatic N) is 3. The van der Waals surface area contributed by atoms with Gasteiger partial charge in [0.25, 0.3) is 0 Å². The van der Waals surface area contributed by atoms with Gasteiger partial charge in [-0.05, 0) is 79.8 Å². The molecule has 3 heterocycles. The zero-order valence-electron chi connectivity index (χ0n) is 21.3. The molecule has 36 heavy (non-hydrogen) atoms. The summed E-state index contributed by atoms with van der Waals surface area (Å²) in [4.78, 5) is 20.2. The lowest BCUT2D eigenvalue weighted by molar-refractivity contribution is -0.117. The molecule has 0 bridgehead atoms. The van der Waals surface area contributed by atoms with Crippen molar-refractivity contribution in [1.82, 2.24) is 9.55 Å². The molecule has 1 fully saturated rings. The van der Waals surface area contributed by atoms with Gasteiger partial charge in [0.15, 0.2) is 11.5 Å². The number of hydrogen-bond donors (Lipinski definition) is 0. The van der Waals surface area contributed by atoms with Crippen LogP contribution in [0.2, 0.25) is 0 Å². The zero-order chi connectivity index (χ0) is 25.0. The Bertz CT molecular complexity index is 1480. The molecule has 1 aromatic heterocycles. The molecular formula is C30H31N3O3. The minimum absolute atomic E-state index is 0.00428. The Morgan fingerprint density at radius 3 is 2.42 bits per heavy atom. The van der Waals surface area contributed by atoms with Crippen LogP contribution in [0.5, 0.6) is 11.5 Å². The molecule has 1 amide bonds. The molecule has 1 saturated heterocycles. The minimum atomic E-state index is 0.00428. The van der Waals surface area contributed by atoms with E-state index in [4.69, 9.17) is 14.5 Å². The van der Waals surface area contributed by atoms with Crippen molar-refractivity contribution < 1.29 is 14.3 Å². The molecule has 184 valence electrons. The van der Waals surface area contributed by atoms with Gasteiger partial charge in [-0.3, -0.25) is 4.79 Å². The predicted molar refractivity (Wildman–Crippen MR) is 141 cm³/mol. The highest BCUT2D eigenvalue weighted by atomic mass is 16.6. The maximum absolute atomic E-state index is 13.2. The van der Waals surface area contributed by atoms with E-state index in [0.717, 1.165) is 34.8 Å². The number of rotatable bonds is 4. The molecule has 0 N–H and O–H groups in total. The molecule has 6 rings (SSSR count). The van der Waals surface area contributed by atoms with E-state index in [9.17, 15) is 4.79 Å². The second-order valence-electron chi connectivity index (χ2n) is 10.0. The summed E-state index contributed by atoms with van der Waals surface area (Å²) < 4.78 is 13.7. The first-order chi connectivity index (χ1) is 17.4. The second kappa shape index (κ2) is 8.70. The van der Waals surface area contributed by atoms with Gasteiger partial charge in [-0.2, -0.15) is 0 Å². The highest BCUT2D eigenvalue weighted by molar-refractivity contribution is 5.97. The molecular weight excluding hydrogens is 450 g/mol. The van der Waals surface area contributed by atoms with E-state index in [-0.39, 0.29) is 11.8 Å². The molecule has 4 aromatic rings. The summed E-state index contributed by atoms with van der Waals surface area (Å²) in [5.41, 5.74) is 9.51. The van der Waals surface area contributed by atoms with Crippen molar-refractivity contribution in [2.75, 3.05) is 24.7 Å². The molecule has 0 aliphatic carbocycles. The largest absolute Gasteiger partial charge is 0.486 e. The molecule has 6 nitrogen and oxygen atoms in total. The van der Waals surface area contributed by atoms with Crippen LogP contribution >= 0.6 is 0 Å². The summed E-state index contributed by atoms with van der Waals surface area (Å²) in [6.07, 6.45) is 0.433. The quantitative estimate of drug-likeness (QED) is 0.380. The van der Waals surface area contributed by atoms with Gasteiger partial charge in [0.2, 0.25) is 5.91 Å². The topological polar surface area (TPSA) is 56.6 Å². The number of aromatic nitrogens is 2. The lowest BCUT2D eigenvalue weighted by Gasteiger charge is -2.22. The fourth-order valence-corrected chi connectivity index (χ4v) is 5.60. The van der Waals surface area contributed by atoms with Crippen molar-refractivity contribution in [2.45, 2.75) is 46.6 Å². The van der Waals surface area contributed by atoms with Crippen LogP contribution < -0.4 is 14.4 Å². The van der Waals surface area contributed by atoms with Crippen LogP contribution in [-0.2, 0) is 11.3 Å². The summed E-state index contributed by atoms with van der Waals surface area (Å²) >= 11 is 0. The van der Waals surface area contributed by atoms with Crippen molar-refractivity contribution >= 4 is 22.6 Å². The van der Waals surface area contributed by atoms with Gasteiger partial charge in [0.05, 0.1) is 11.0 Å². The third kappa shape index (κ3) is 3.72. The highest BCUT2D eigenvalue weighted by Gasteiger charge is 2.35. The Kier molecular flexibility index (Phi) is 5.47. The van der Waals surface area contributed by atoms with Crippen LogP contribution in [0.15, 0.2) is 48.5 Å². The Morgan fingerprint density at radius 2 is 1.64 bits per heavy atom. The number of benzene rings is 3. The van der Waals surface area contributed by atoms with E-state index < -0.39 is 0 Å². The third-order valence-electron chi connectivity index (χ3n) is 7.85. The molecule has 3 aromatic carbocycles. The lowest BCUT2D eigenvalue weighted by atomic mass is 9.94. The average Bonchev–Trinajstić information content (AvgIpc) is 3.45. The minimum Gasteiger partial charge on any atom is -0.486 e. The van der Waals surface area contributed by atoms with Crippen LogP contribution in [-0.4, -0.2) is 35.2 Å². The van der Waals surface area contributed by atoms with Crippen LogP contribution in [0, 0.1) is 27.7 Å². The zero-order valence-corrected chi connectivity index (χ0v) is 21.3. The van der Waals surface area contributed by atoms with Gasteiger partial charge in [0.1, 0.15) is 19.0 Å². The first kappa shape index (κ1) is 22.7. The number of carbonyl (C=O) groups is 1. The number of hydrogen-bond acceptors (Lipinski definition) is 4. The van der Waals surface area contributed by atoms with Crippen molar-refractivity contribution in [3.05, 3.63) is 82.2 Å². The highest BCUT2D eigenvalue weighted by Crippen LogP contribution is 2.38. The Balaban J connectivity index is 1.39. The van der Waals surface area contributed by atoms with Gasteiger partial charge in [-0.25, -0.2) is 4.98 Å². The van der Waals surface area contributed by atoms with Crippen LogP contribution in [0.25, 0.3) is 11.0 Å². The number of anilines is 1. The van der Waals surface area contributed by atoms with Crippen molar-refractivity contribution in [2.24, 2.45) is 0 Å². The Labute approximate surface area is 211 Å².